The molecule has 4 nitrogen and oxygen atoms in total. The average molecular weight is 540 g/mol. The molecule has 0 bridgehead atoms. The van der Waals surface area contributed by atoms with E-state index in [1.54, 1.807) is 0 Å². The van der Waals surface area contributed by atoms with E-state index in [0.29, 0.717) is 35.5 Å². The molecule has 0 radical (unpaired) electrons. The highest BCUT2D eigenvalue weighted by atomic mass is 31.2. The average Bonchev–Trinajstić information content (AvgIpc) is 2.88. The molecule has 2 aliphatic rings. The summed E-state index contributed by atoms with van der Waals surface area (Å²) in [5, 5.41) is 3.61. The van der Waals surface area contributed by atoms with E-state index >= 15 is 4.57 Å². The predicted octanol–water partition coefficient (Wildman–Crippen LogP) is 9.95. The van der Waals surface area contributed by atoms with E-state index in [4.69, 9.17) is 9.05 Å². The van der Waals surface area contributed by atoms with Gasteiger partial charge in [-0.3, -0.25) is 4.57 Å². The molecule has 0 amide bonds. The van der Waals surface area contributed by atoms with Gasteiger partial charge in [0.15, 0.2) is 5.78 Å². The molecule has 2 fully saturated rings. The van der Waals surface area contributed by atoms with Gasteiger partial charge in [0.2, 0.25) is 0 Å². The predicted molar refractivity (Wildman–Crippen MR) is 159 cm³/mol. The highest BCUT2D eigenvalue weighted by Gasteiger charge is 2.47. The van der Waals surface area contributed by atoms with Crippen molar-refractivity contribution < 1.29 is 13.6 Å². The van der Waals surface area contributed by atoms with E-state index in [0.717, 1.165) is 36.9 Å². The fourth-order valence-corrected chi connectivity index (χ4v) is 9.05. The van der Waals surface area contributed by atoms with Crippen molar-refractivity contribution in [2.75, 3.05) is 5.32 Å². The summed E-state index contributed by atoms with van der Waals surface area (Å²) in [6.45, 7) is 13.7. The minimum atomic E-state index is -3.67. The Morgan fingerprint density at radius 2 is 1.16 bits per heavy atom. The normalized spacial score (nSPS) is 29.4. The lowest BCUT2D eigenvalue weighted by Gasteiger charge is -2.43. The number of hydrogen-bond acceptors (Lipinski definition) is 4. The molecule has 0 unspecified atom stereocenters. The number of para-hydroxylation sites is 1. The number of rotatable bonds is 10. The maximum absolute atomic E-state index is 15.5. The third kappa shape index (κ3) is 7.32. The van der Waals surface area contributed by atoms with Gasteiger partial charge in [-0.1, -0.05) is 103 Å². The Balaban J connectivity index is 1.76. The number of hydrogen-bond donors (Lipinski definition) is 1. The quantitative estimate of drug-likeness (QED) is 0.305. The maximum atomic E-state index is 15.5. The van der Waals surface area contributed by atoms with Crippen molar-refractivity contribution in [2.24, 2.45) is 35.5 Å². The van der Waals surface area contributed by atoms with Crippen molar-refractivity contribution in [3.8, 4) is 0 Å². The highest BCUT2D eigenvalue weighted by Crippen LogP contribution is 2.65. The van der Waals surface area contributed by atoms with E-state index in [-0.39, 0.29) is 12.2 Å². The Labute approximate surface area is 231 Å². The minimum Gasteiger partial charge on any atom is -0.368 e. The van der Waals surface area contributed by atoms with Crippen LogP contribution < -0.4 is 5.32 Å². The van der Waals surface area contributed by atoms with Crippen LogP contribution in [0.5, 0.6) is 0 Å². The van der Waals surface area contributed by atoms with E-state index in [2.05, 4.69) is 46.9 Å². The van der Waals surface area contributed by atoms with Crippen LogP contribution in [0.2, 0.25) is 0 Å². The van der Waals surface area contributed by atoms with E-state index in [9.17, 15) is 0 Å². The molecule has 5 heteroatoms. The first-order valence-electron chi connectivity index (χ1n) is 15.0. The summed E-state index contributed by atoms with van der Waals surface area (Å²) in [5.41, 5.74) is 1.86. The van der Waals surface area contributed by atoms with E-state index in [1.165, 1.54) is 12.8 Å². The lowest BCUT2D eigenvalue weighted by molar-refractivity contribution is -0.00541. The zero-order chi connectivity index (χ0) is 27.3. The van der Waals surface area contributed by atoms with Gasteiger partial charge in [0.1, 0.15) is 0 Å². The summed E-state index contributed by atoms with van der Waals surface area (Å²) < 4.78 is 29.4. The van der Waals surface area contributed by atoms with Crippen LogP contribution in [0, 0.1) is 35.5 Å². The van der Waals surface area contributed by atoms with Crippen LogP contribution in [-0.4, -0.2) is 12.2 Å². The smallest absolute Gasteiger partial charge is 0.357 e. The first-order chi connectivity index (χ1) is 18.2. The Hall–Kier alpha value is -1.61. The molecule has 4 rings (SSSR count). The molecule has 2 saturated carbocycles. The van der Waals surface area contributed by atoms with Crippen molar-refractivity contribution in [2.45, 2.75) is 98.1 Å². The molecule has 0 aromatic heterocycles. The van der Waals surface area contributed by atoms with Crippen LogP contribution in [0.25, 0.3) is 0 Å². The molecular weight excluding hydrogens is 489 g/mol. The van der Waals surface area contributed by atoms with Crippen molar-refractivity contribution in [1.82, 2.24) is 0 Å². The maximum Gasteiger partial charge on any atom is 0.357 e. The summed E-state index contributed by atoms with van der Waals surface area (Å²) in [4.78, 5) is 0. The van der Waals surface area contributed by atoms with Gasteiger partial charge in [-0.2, -0.15) is 0 Å². The Morgan fingerprint density at radius 3 is 1.61 bits per heavy atom. The molecular formula is C33H50NO3P. The van der Waals surface area contributed by atoms with Crippen LogP contribution in [0.1, 0.15) is 91.4 Å². The minimum absolute atomic E-state index is 0.0770. The summed E-state index contributed by atoms with van der Waals surface area (Å²) in [7, 11) is -3.67. The molecule has 38 heavy (non-hydrogen) atoms. The molecule has 0 heterocycles. The summed E-state index contributed by atoms with van der Waals surface area (Å²) >= 11 is 0. The van der Waals surface area contributed by atoms with Crippen LogP contribution in [-0.2, 0) is 13.6 Å². The first kappa shape index (κ1) is 29.4. The highest BCUT2D eigenvalue weighted by molar-refractivity contribution is 7.54. The molecule has 0 spiro atoms. The number of nitrogens with one attached hydrogen (secondary N) is 1. The first-order valence-corrected chi connectivity index (χ1v) is 16.6. The number of benzene rings is 2. The van der Waals surface area contributed by atoms with Crippen LogP contribution >= 0.6 is 7.60 Å². The lowest BCUT2D eigenvalue weighted by atomic mass is 9.75. The van der Waals surface area contributed by atoms with Gasteiger partial charge in [0, 0.05) is 5.69 Å². The fraction of sp³-hybridized carbons (Fsp3) is 0.636. The Kier molecular flexibility index (Phi) is 10.2. The van der Waals surface area contributed by atoms with Crippen molar-refractivity contribution in [1.29, 1.82) is 0 Å². The summed E-state index contributed by atoms with van der Waals surface area (Å²) in [6.07, 6.45) is 6.33. The van der Waals surface area contributed by atoms with Gasteiger partial charge < -0.3 is 14.4 Å². The molecule has 2 aromatic rings. The van der Waals surface area contributed by atoms with E-state index < -0.39 is 13.4 Å². The van der Waals surface area contributed by atoms with E-state index in [1.807, 2.05) is 60.7 Å². The molecule has 2 aliphatic carbocycles. The van der Waals surface area contributed by atoms with Gasteiger partial charge in [-0.05, 0) is 78.9 Å². The van der Waals surface area contributed by atoms with Gasteiger partial charge in [0.25, 0.3) is 0 Å². The SMILES string of the molecule is CC(C)[C@H]1CC[C@@H](C)C[C@H]1OP(=O)(O[C@@H]1C[C@H](C)CC[C@@H]1C(C)C)[C@@H](Nc1ccccc1)c1ccccc1. The standard InChI is InChI=1S/C33H50NO3P/c1-23(2)29-19-17-25(5)21-31(29)36-38(35,37-32-22-26(6)18-20-30(32)24(3)4)33(27-13-9-7-10-14-27)34-28-15-11-8-12-16-28/h7-16,23-26,29-34H,17-22H2,1-6H3/t25-,26-,29-,30-,31-,32-,33-/m1/s1. The van der Waals surface area contributed by atoms with Crippen LogP contribution in [0.3, 0.4) is 0 Å². The molecule has 1 N–H and O–H groups in total. The monoisotopic (exact) mass is 539 g/mol. The van der Waals surface area contributed by atoms with Crippen LogP contribution in [0.15, 0.2) is 60.7 Å². The third-order valence-electron chi connectivity index (χ3n) is 9.00. The number of anilines is 1. The van der Waals surface area contributed by atoms with Gasteiger partial charge in [-0.25, -0.2) is 0 Å². The molecule has 7 atom stereocenters. The lowest BCUT2D eigenvalue weighted by Crippen LogP contribution is -2.37. The molecule has 2 aromatic carbocycles. The summed E-state index contributed by atoms with van der Waals surface area (Å²) in [5.74, 6) is 2.22. The molecule has 0 aliphatic heterocycles. The topological polar surface area (TPSA) is 47.6 Å². The molecule has 0 saturated heterocycles. The van der Waals surface area contributed by atoms with Crippen molar-refractivity contribution >= 4 is 13.3 Å². The van der Waals surface area contributed by atoms with Crippen LogP contribution in [0.4, 0.5) is 5.69 Å². The van der Waals surface area contributed by atoms with Crippen molar-refractivity contribution in [3.63, 3.8) is 0 Å². The zero-order valence-corrected chi connectivity index (χ0v) is 25.3. The fourth-order valence-electron chi connectivity index (χ4n) is 6.67. The second kappa shape index (κ2) is 13.2. The van der Waals surface area contributed by atoms with Crippen molar-refractivity contribution in [3.05, 3.63) is 66.2 Å². The molecule has 210 valence electrons. The van der Waals surface area contributed by atoms with Gasteiger partial charge >= 0.3 is 7.60 Å². The second-order valence-electron chi connectivity index (χ2n) is 12.8. The Bertz CT molecular complexity index is 989. The van der Waals surface area contributed by atoms with Gasteiger partial charge in [-0.15, -0.1) is 0 Å². The third-order valence-corrected chi connectivity index (χ3v) is 11.2. The second-order valence-corrected chi connectivity index (χ2v) is 14.8. The zero-order valence-electron chi connectivity index (χ0n) is 24.4. The largest absolute Gasteiger partial charge is 0.368 e. The Morgan fingerprint density at radius 1 is 0.711 bits per heavy atom. The summed E-state index contributed by atoms with van der Waals surface area (Å²) in [6, 6.07) is 20.2. The van der Waals surface area contributed by atoms with Gasteiger partial charge in [0.05, 0.1) is 12.2 Å².